The fourth-order valence-electron chi connectivity index (χ4n) is 0.429. The summed E-state index contributed by atoms with van der Waals surface area (Å²) < 4.78 is 0. The molecular formula is C6H2Cl3Fe-. The molecule has 10 heavy (non-hydrogen) atoms. The summed E-state index contributed by atoms with van der Waals surface area (Å²) in [5.74, 6) is 0. The Labute approximate surface area is 84.9 Å². The van der Waals surface area contributed by atoms with Crippen LogP contribution in [0.5, 0.6) is 0 Å². The molecule has 0 spiro atoms. The first-order valence-corrected chi connectivity index (χ1v) is 3.36. The zero-order chi connectivity index (χ0) is 6.85. The summed E-state index contributed by atoms with van der Waals surface area (Å²) in [6.45, 7) is 0. The summed E-state index contributed by atoms with van der Waals surface area (Å²) in [7, 11) is 0. The topological polar surface area (TPSA) is 0 Å². The monoisotopic (exact) mass is 235 g/mol. The van der Waals surface area contributed by atoms with Crippen molar-refractivity contribution in [1.82, 2.24) is 0 Å². The predicted molar refractivity (Wildman–Crippen MR) is 40.3 cm³/mol. The number of hydrogen-bond donors (Lipinski definition) is 0. The summed E-state index contributed by atoms with van der Waals surface area (Å²) in [6.07, 6.45) is 0. The number of benzene rings is 1. The van der Waals surface area contributed by atoms with E-state index in [0.717, 1.165) is 0 Å². The van der Waals surface area contributed by atoms with Crippen LogP contribution in [0.25, 0.3) is 0 Å². The van der Waals surface area contributed by atoms with Crippen LogP contribution in [0.15, 0.2) is 12.1 Å². The van der Waals surface area contributed by atoms with Gasteiger partial charge in [-0.25, -0.2) is 0 Å². The van der Waals surface area contributed by atoms with Crippen LogP contribution in [-0.2, 0) is 17.1 Å². The van der Waals surface area contributed by atoms with Crippen molar-refractivity contribution in [2.45, 2.75) is 0 Å². The van der Waals surface area contributed by atoms with Crippen molar-refractivity contribution >= 4 is 34.8 Å². The summed E-state index contributed by atoms with van der Waals surface area (Å²) >= 11 is 16.7. The van der Waals surface area contributed by atoms with Crippen molar-refractivity contribution in [3.63, 3.8) is 0 Å². The van der Waals surface area contributed by atoms with Crippen molar-refractivity contribution in [2.75, 3.05) is 0 Å². The molecule has 0 radical (unpaired) electrons. The van der Waals surface area contributed by atoms with Crippen LogP contribution in [-0.4, -0.2) is 0 Å². The molecule has 0 fully saturated rings. The fourth-order valence-corrected chi connectivity index (χ4v) is 0.918. The molecule has 0 heterocycles. The van der Waals surface area contributed by atoms with Gasteiger partial charge in [0.25, 0.3) is 0 Å². The smallest absolute Gasteiger partial charge is 0 e. The minimum atomic E-state index is 0. The van der Waals surface area contributed by atoms with Crippen LogP contribution >= 0.6 is 34.8 Å². The molecule has 0 nitrogen and oxygen atoms in total. The van der Waals surface area contributed by atoms with Crippen molar-refractivity contribution in [3.05, 3.63) is 33.3 Å². The Balaban J connectivity index is 0.000000810. The van der Waals surface area contributed by atoms with Gasteiger partial charge in [0.15, 0.2) is 0 Å². The first-order valence-electron chi connectivity index (χ1n) is 2.23. The molecule has 0 aliphatic heterocycles. The molecule has 0 N–H and O–H groups in total. The van der Waals surface area contributed by atoms with Gasteiger partial charge >= 0.3 is 0 Å². The SMILES string of the molecule is Clc1[c-]ccc(Cl)c1Cl.[Fe]. The van der Waals surface area contributed by atoms with Gasteiger partial charge in [0, 0.05) is 17.1 Å². The van der Waals surface area contributed by atoms with E-state index < -0.39 is 0 Å². The molecule has 0 saturated heterocycles. The second-order valence-electron chi connectivity index (χ2n) is 1.45. The van der Waals surface area contributed by atoms with Crippen LogP contribution in [0.3, 0.4) is 0 Å². The van der Waals surface area contributed by atoms with Gasteiger partial charge in [-0.2, -0.15) is 29.8 Å². The van der Waals surface area contributed by atoms with E-state index in [0.29, 0.717) is 15.1 Å². The standard InChI is InChI=1S/C6H2Cl3.Fe/c7-4-2-1-3-5(8)6(4)9;/h1-2H;/q-1;. The molecule has 0 bridgehead atoms. The van der Waals surface area contributed by atoms with E-state index in [9.17, 15) is 0 Å². The molecule has 4 heteroatoms. The number of rotatable bonds is 0. The molecule has 0 atom stereocenters. The molecule has 1 aromatic rings. The predicted octanol–water partition coefficient (Wildman–Crippen LogP) is 3.44. The number of hydrogen-bond acceptors (Lipinski definition) is 0. The van der Waals surface area contributed by atoms with E-state index in [1.165, 1.54) is 0 Å². The fraction of sp³-hybridized carbons (Fsp3) is 0. The molecule has 0 amide bonds. The van der Waals surface area contributed by atoms with Gasteiger partial charge in [0.1, 0.15) is 0 Å². The van der Waals surface area contributed by atoms with Crippen LogP contribution in [0.1, 0.15) is 0 Å². The van der Waals surface area contributed by atoms with E-state index in [1.807, 2.05) is 0 Å². The van der Waals surface area contributed by atoms with E-state index >= 15 is 0 Å². The Morgan fingerprint density at radius 1 is 1.20 bits per heavy atom. The van der Waals surface area contributed by atoms with Gasteiger partial charge in [0.2, 0.25) is 0 Å². The Kier molecular flexibility index (Phi) is 4.75. The second-order valence-corrected chi connectivity index (χ2v) is 2.62. The Hall–Kier alpha value is 0.609. The summed E-state index contributed by atoms with van der Waals surface area (Å²) in [5, 5.41) is 1.19. The van der Waals surface area contributed by atoms with Gasteiger partial charge in [-0.3, -0.25) is 0 Å². The Morgan fingerprint density at radius 3 is 2.20 bits per heavy atom. The van der Waals surface area contributed by atoms with Crippen LogP contribution in [0.2, 0.25) is 15.1 Å². The van der Waals surface area contributed by atoms with Gasteiger partial charge in [0.05, 0.1) is 0 Å². The van der Waals surface area contributed by atoms with E-state index in [-0.39, 0.29) is 17.1 Å². The van der Waals surface area contributed by atoms with Gasteiger partial charge in [-0.15, -0.1) is 23.2 Å². The third-order valence-corrected chi connectivity index (χ3v) is 2.04. The number of halogens is 3. The second kappa shape index (κ2) is 4.48. The van der Waals surface area contributed by atoms with Gasteiger partial charge in [-0.1, -0.05) is 5.02 Å². The molecule has 1 aromatic carbocycles. The normalized spacial score (nSPS) is 8.70. The van der Waals surface area contributed by atoms with Gasteiger partial charge in [-0.05, 0) is 10.0 Å². The van der Waals surface area contributed by atoms with E-state index in [2.05, 4.69) is 6.07 Å². The van der Waals surface area contributed by atoms with Gasteiger partial charge < -0.3 is 0 Å². The molecule has 1 rings (SSSR count). The summed E-state index contributed by atoms with van der Waals surface area (Å²) in [4.78, 5) is 0. The first-order chi connectivity index (χ1) is 4.22. The van der Waals surface area contributed by atoms with Crippen LogP contribution in [0.4, 0.5) is 0 Å². The van der Waals surface area contributed by atoms with E-state index in [4.69, 9.17) is 34.8 Å². The largest absolute Gasteiger partial charge is 0.174 e. The minimum Gasteiger partial charge on any atom is -0.174 e. The molecule has 0 unspecified atom stereocenters. The molecule has 56 valence electrons. The zero-order valence-electron chi connectivity index (χ0n) is 4.64. The van der Waals surface area contributed by atoms with Crippen LogP contribution in [0, 0.1) is 6.07 Å². The Morgan fingerprint density at radius 2 is 1.80 bits per heavy atom. The third-order valence-electron chi connectivity index (χ3n) is 0.842. The van der Waals surface area contributed by atoms with Crippen LogP contribution < -0.4 is 0 Å². The van der Waals surface area contributed by atoms with E-state index in [1.54, 1.807) is 12.1 Å². The average molecular weight is 236 g/mol. The Bertz CT molecular complexity index is 204. The van der Waals surface area contributed by atoms with Crippen molar-refractivity contribution in [3.8, 4) is 0 Å². The average Bonchev–Trinajstić information content (AvgIpc) is 1.83. The molecule has 0 aliphatic carbocycles. The first kappa shape index (κ1) is 10.6. The maximum Gasteiger partial charge on any atom is 0 e. The summed E-state index contributed by atoms with van der Waals surface area (Å²) in [6, 6.07) is 5.95. The van der Waals surface area contributed by atoms with Crippen molar-refractivity contribution in [1.29, 1.82) is 0 Å². The third kappa shape index (κ3) is 2.34. The quantitative estimate of drug-likeness (QED) is 0.368. The molecule has 0 aromatic heterocycles. The maximum absolute atomic E-state index is 5.58. The molecule has 0 aliphatic rings. The van der Waals surface area contributed by atoms with Crippen molar-refractivity contribution in [2.24, 2.45) is 0 Å². The molecule has 0 saturated carbocycles. The zero-order valence-corrected chi connectivity index (χ0v) is 8.01. The summed E-state index contributed by atoms with van der Waals surface area (Å²) in [5.41, 5.74) is 0. The van der Waals surface area contributed by atoms with Crippen molar-refractivity contribution < 1.29 is 17.1 Å². The maximum atomic E-state index is 5.58. The minimum absolute atomic E-state index is 0. The molecular weight excluding hydrogens is 234 g/mol.